The lowest BCUT2D eigenvalue weighted by molar-refractivity contribution is 0.476. The number of aliphatic imine (C=N–C) groups is 1. The predicted molar refractivity (Wildman–Crippen MR) is 124 cm³/mol. The minimum Gasteiger partial charge on any atom is -0.457 e. The molecule has 0 unspecified atom stereocenters. The molecule has 0 radical (unpaired) electrons. The summed E-state index contributed by atoms with van der Waals surface area (Å²) in [6, 6.07) is 21.7. The fourth-order valence-electron chi connectivity index (χ4n) is 2.59. The van der Waals surface area contributed by atoms with Crippen LogP contribution in [0.1, 0.15) is 16.8 Å². The highest BCUT2D eigenvalue weighted by molar-refractivity contribution is 14.0. The van der Waals surface area contributed by atoms with Crippen molar-refractivity contribution in [2.45, 2.75) is 19.9 Å². The quantitative estimate of drug-likeness (QED) is 0.293. The fraction of sp³-hybridized carbons (Fsp3) is 0.182. The molecule has 0 spiro atoms. The second kappa shape index (κ2) is 11.3. The van der Waals surface area contributed by atoms with Gasteiger partial charge < -0.3 is 15.8 Å². The molecule has 0 saturated carbocycles. The molecule has 0 aliphatic carbocycles. The van der Waals surface area contributed by atoms with Gasteiger partial charge >= 0.3 is 0 Å². The number of pyridine rings is 1. The summed E-state index contributed by atoms with van der Waals surface area (Å²) in [6.45, 7) is 3.18. The predicted octanol–water partition coefficient (Wildman–Crippen LogP) is 4.45. The maximum atomic E-state index is 6.02. The first kappa shape index (κ1) is 21.7. The van der Waals surface area contributed by atoms with Gasteiger partial charge in [0.2, 0.25) is 0 Å². The van der Waals surface area contributed by atoms with Gasteiger partial charge in [-0.25, -0.2) is 4.99 Å². The van der Waals surface area contributed by atoms with E-state index in [4.69, 9.17) is 10.5 Å². The highest BCUT2D eigenvalue weighted by Gasteiger charge is 2.06. The molecule has 1 heterocycles. The van der Waals surface area contributed by atoms with Crippen molar-refractivity contribution in [2.24, 2.45) is 10.7 Å². The molecule has 3 N–H and O–H groups in total. The molecule has 0 fully saturated rings. The van der Waals surface area contributed by atoms with Crippen LogP contribution in [-0.2, 0) is 13.0 Å². The molecule has 5 nitrogen and oxygen atoms in total. The van der Waals surface area contributed by atoms with E-state index < -0.39 is 0 Å². The molecule has 3 rings (SSSR count). The van der Waals surface area contributed by atoms with Crippen LogP contribution in [0.5, 0.6) is 11.5 Å². The molecule has 3 aromatic rings. The number of benzene rings is 2. The number of hydrogen-bond donors (Lipinski definition) is 2. The van der Waals surface area contributed by atoms with Gasteiger partial charge in [-0.05, 0) is 42.8 Å². The Morgan fingerprint density at radius 2 is 1.86 bits per heavy atom. The largest absolute Gasteiger partial charge is 0.457 e. The Labute approximate surface area is 183 Å². The molecule has 146 valence electrons. The van der Waals surface area contributed by atoms with Crippen LogP contribution in [-0.4, -0.2) is 17.5 Å². The molecule has 0 atom stereocenters. The van der Waals surface area contributed by atoms with Crippen LogP contribution in [0, 0.1) is 6.92 Å². The molecule has 28 heavy (non-hydrogen) atoms. The third-order valence-electron chi connectivity index (χ3n) is 4.03. The number of hydrogen-bond acceptors (Lipinski definition) is 3. The second-order valence-corrected chi connectivity index (χ2v) is 6.23. The van der Waals surface area contributed by atoms with Crippen molar-refractivity contribution >= 4 is 29.9 Å². The normalized spacial score (nSPS) is 10.8. The zero-order valence-corrected chi connectivity index (χ0v) is 18.2. The summed E-state index contributed by atoms with van der Waals surface area (Å²) in [7, 11) is 0. The van der Waals surface area contributed by atoms with E-state index >= 15 is 0 Å². The van der Waals surface area contributed by atoms with Crippen LogP contribution >= 0.6 is 24.0 Å². The molecule has 0 saturated heterocycles. The van der Waals surface area contributed by atoms with Crippen molar-refractivity contribution in [1.29, 1.82) is 0 Å². The van der Waals surface area contributed by atoms with E-state index in [-0.39, 0.29) is 24.0 Å². The van der Waals surface area contributed by atoms with E-state index in [0.717, 1.165) is 34.7 Å². The molecule has 2 aromatic carbocycles. The molecule has 1 aromatic heterocycles. The first-order chi connectivity index (χ1) is 13.2. The minimum absolute atomic E-state index is 0. The summed E-state index contributed by atoms with van der Waals surface area (Å²) >= 11 is 0. The monoisotopic (exact) mass is 488 g/mol. The topological polar surface area (TPSA) is 72.5 Å². The Morgan fingerprint density at radius 1 is 1.07 bits per heavy atom. The maximum Gasteiger partial charge on any atom is 0.188 e. The van der Waals surface area contributed by atoms with Gasteiger partial charge in [0.1, 0.15) is 11.5 Å². The first-order valence-corrected chi connectivity index (χ1v) is 8.97. The minimum atomic E-state index is 0. The van der Waals surface area contributed by atoms with Crippen molar-refractivity contribution in [2.75, 3.05) is 6.54 Å². The third kappa shape index (κ3) is 6.84. The number of ether oxygens (including phenoxy) is 1. The van der Waals surface area contributed by atoms with E-state index in [1.807, 2.05) is 73.7 Å². The summed E-state index contributed by atoms with van der Waals surface area (Å²) in [4.78, 5) is 8.73. The van der Waals surface area contributed by atoms with E-state index in [0.29, 0.717) is 19.0 Å². The molecule has 0 amide bonds. The zero-order valence-electron chi connectivity index (χ0n) is 15.8. The smallest absolute Gasteiger partial charge is 0.188 e. The van der Waals surface area contributed by atoms with Crippen molar-refractivity contribution in [3.05, 3.63) is 89.7 Å². The van der Waals surface area contributed by atoms with Crippen LogP contribution in [0.15, 0.2) is 77.9 Å². The lowest BCUT2D eigenvalue weighted by Gasteiger charge is -2.11. The Kier molecular flexibility index (Phi) is 8.74. The third-order valence-corrected chi connectivity index (χ3v) is 4.03. The van der Waals surface area contributed by atoms with Gasteiger partial charge in [-0.3, -0.25) is 4.98 Å². The van der Waals surface area contributed by atoms with Gasteiger partial charge in [0.15, 0.2) is 5.96 Å². The van der Waals surface area contributed by atoms with Crippen LogP contribution in [0.25, 0.3) is 0 Å². The van der Waals surface area contributed by atoms with Crippen molar-refractivity contribution in [3.8, 4) is 11.5 Å². The first-order valence-electron chi connectivity index (χ1n) is 8.97. The lowest BCUT2D eigenvalue weighted by Crippen LogP contribution is -2.33. The van der Waals surface area contributed by atoms with E-state index in [9.17, 15) is 0 Å². The number of aryl methyl sites for hydroxylation is 1. The van der Waals surface area contributed by atoms with Crippen LogP contribution in [0.2, 0.25) is 0 Å². The summed E-state index contributed by atoms with van der Waals surface area (Å²) in [6.07, 6.45) is 2.59. The van der Waals surface area contributed by atoms with Gasteiger partial charge in [-0.15, -0.1) is 24.0 Å². The van der Waals surface area contributed by atoms with Crippen LogP contribution < -0.4 is 15.8 Å². The van der Waals surface area contributed by atoms with Gasteiger partial charge in [-0.1, -0.05) is 36.4 Å². The Balaban J connectivity index is 0.00000280. The molecule has 0 aliphatic heterocycles. The summed E-state index contributed by atoms with van der Waals surface area (Å²) < 4.78 is 6.02. The Hall–Kier alpha value is -2.61. The average Bonchev–Trinajstić information content (AvgIpc) is 2.69. The number of rotatable bonds is 7. The molecule has 0 bridgehead atoms. The van der Waals surface area contributed by atoms with Gasteiger partial charge in [0.05, 0.1) is 6.54 Å². The number of nitrogens with zero attached hydrogens (tertiary/aromatic N) is 2. The number of guanidine groups is 1. The van der Waals surface area contributed by atoms with E-state index in [2.05, 4.69) is 15.3 Å². The standard InChI is InChI=1S/C22H24N4O.HI/c1-17-10-11-18(21(15-17)27-20-8-3-2-4-9-20)16-26-22(23)25-14-12-19-7-5-6-13-24-19;/h2-11,13,15H,12,14,16H2,1H3,(H3,23,25,26);1H. The van der Waals surface area contributed by atoms with Crippen LogP contribution in [0.4, 0.5) is 0 Å². The number of aromatic nitrogens is 1. The van der Waals surface area contributed by atoms with E-state index in [1.165, 1.54) is 0 Å². The molecule has 6 heteroatoms. The summed E-state index contributed by atoms with van der Waals surface area (Å²) in [5, 5.41) is 3.13. The van der Waals surface area contributed by atoms with Crippen molar-refractivity contribution in [1.82, 2.24) is 10.3 Å². The van der Waals surface area contributed by atoms with Gasteiger partial charge in [-0.2, -0.15) is 0 Å². The number of nitrogens with two attached hydrogens (primary N) is 1. The second-order valence-electron chi connectivity index (χ2n) is 6.23. The molecule has 0 aliphatic rings. The lowest BCUT2D eigenvalue weighted by atomic mass is 10.1. The SMILES string of the molecule is Cc1ccc(CN=C(N)NCCc2ccccn2)c(Oc2ccccc2)c1.I. The Bertz CT molecular complexity index is 886. The maximum absolute atomic E-state index is 6.02. The highest BCUT2D eigenvalue weighted by Crippen LogP contribution is 2.27. The van der Waals surface area contributed by atoms with Gasteiger partial charge in [0, 0.05) is 30.4 Å². The number of nitrogens with one attached hydrogen (secondary N) is 1. The van der Waals surface area contributed by atoms with Crippen molar-refractivity contribution < 1.29 is 4.74 Å². The number of halogens is 1. The Morgan fingerprint density at radius 3 is 2.61 bits per heavy atom. The molecular formula is C22H25IN4O. The summed E-state index contributed by atoms with van der Waals surface area (Å²) in [5.41, 5.74) is 9.14. The highest BCUT2D eigenvalue weighted by atomic mass is 127. The van der Waals surface area contributed by atoms with Crippen molar-refractivity contribution in [3.63, 3.8) is 0 Å². The molecular weight excluding hydrogens is 463 g/mol. The van der Waals surface area contributed by atoms with E-state index in [1.54, 1.807) is 6.20 Å². The van der Waals surface area contributed by atoms with Crippen LogP contribution in [0.3, 0.4) is 0 Å². The zero-order chi connectivity index (χ0) is 18.9. The average molecular weight is 488 g/mol. The number of para-hydroxylation sites is 1. The summed E-state index contributed by atoms with van der Waals surface area (Å²) in [5.74, 6) is 2.01. The van der Waals surface area contributed by atoms with Gasteiger partial charge in [0.25, 0.3) is 0 Å². The fourth-order valence-corrected chi connectivity index (χ4v) is 2.59.